The van der Waals surface area contributed by atoms with Crippen molar-refractivity contribution in [3.63, 3.8) is 0 Å². The minimum atomic E-state index is -0.365. The number of aromatic nitrogens is 2. The summed E-state index contributed by atoms with van der Waals surface area (Å²) in [6.07, 6.45) is 2.55. The van der Waals surface area contributed by atoms with Gasteiger partial charge in [0.05, 0.1) is 6.20 Å². The summed E-state index contributed by atoms with van der Waals surface area (Å²) in [4.78, 5) is 20.1. The van der Waals surface area contributed by atoms with Crippen molar-refractivity contribution in [3.05, 3.63) is 70.2 Å². The third kappa shape index (κ3) is 3.61. The summed E-state index contributed by atoms with van der Waals surface area (Å²) in [5, 5.41) is 11.6. The zero-order chi connectivity index (χ0) is 18.8. The Morgan fingerprint density at radius 3 is 2.67 bits per heavy atom. The average molecular weight is 369 g/mol. The van der Waals surface area contributed by atoms with Crippen LogP contribution in [0, 0.1) is 15.9 Å². The van der Waals surface area contributed by atoms with E-state index in [0.717, 1.165) is 31.6 Å². The molecule has 27 heavy (non-hydrogen) atoms. The van der Waals surface area contributed by atoms with Gasteiger partial charge >= 0.3 is 5.82 Å². The van der Waals surface area contributed by atoms with Crippen LogP contribution in [0.5, 0.6) is 0 Å². The second-order valence-corrected chi connectivity index (χ2v) is 6.69. The van der Waals surface area contributed by atoms with Crippen molar-refractivity contribution in [1.82, 2.24) is 14.3 Å². The molecule has 0 radical (unpaired) electrons. The predicted molar refractivity (Wildman–Crippen MR) is 100 cm³/mol. The Morgan fingerprint density at radius 1 is 1.07 bits per heavy atom. The van der Waals surface area contributed by atoms with Crippen LogP contribution in [0.2, 0.25) is 0 Å². The first kappa shape index (κ1) is 17.4. The largest absolute Gasteiger partial charge is 0.372 e. The van der Waals surface area contributed by atoms with Crippen LogP contribution in [0.15, 0.2) is 48.7 Å². The number of hydrogen-bond donors (Lipinski definition) is 0. The molecule has 4 rings (SSSR count). The normalized spacial score (nSPS) is 15.8. The number of rotatable bonds is 4. The third-order valence-corrected chi connectivity index (χ3v) is 4.87. The maximum atomic E-state index is 13.1. The molecule has 1 saturated heterocycles. The van der Waals surface area contributed by atoms with Gasteiger partial charge in [0.15, 0.2) is 0 Å². The number of nitrogens with zero attached hydrogens (tertiary/aromatic N) is 5. The Bertz CT molecular complexity index is 956. The van der Waals surface area contributed by atoms with Crippen LogP contribution in [0.3, 0.4) is 0 Å². The van der Waals surface area contributed by atoms with Gasteiger partial charge in [-0.15, -0.1) is 0 Å². The van der Waals surface area contributed by atoms with E-state index in [1.54, 1.807) is 30.5 Å². The van der Waals surface area contributed by atoms with Gasteiger partial charge in [0.1, 0.15) is 5.82 Å². The molecule has 1 fully saturated rings. The molecule has 2 aromatic heterocycles. The lowest BCUT2D eigenvalue weighted by molar-refractivity contribution is -0.389. The number of halogens is 1. The summed E-state index contributed by atoms with van der Waals surface area (Å²) in [6, 6.07) is 11.9. The molecule has 0 spiro atoms. The van der Waals surface area contributed by atoms with Crippen molar-refractivity contribution in [1.29, 1.82) is 0 Å². The fourth-order valence-corrected chi connectivity index (χ4v) is 3.54. The standard InChI is InChI=1S/C19H20FN5O2/c20-16-7-5-15(6-8-16)14-22-9-3-10-23(13-12-22)18-19(25(26)27)24-11-2-1-4-17(24)21-18/h1-2,4-8,11H,3,9-10,12-14H2. The Kier molecular flexibility index (Phi) is 4.72. The average Bonchev–Trinajstić information content (AvgIpc) is 2.90. The predicted octanol–water partition coefficient (Wildman–Crippen LogP) is 3.09. The minimum absolute atomic E-state index is 0.0117. The summed E-state index contributed by atoms with van der Waals surface area (Å²) in [5.41, 5.74) is 1.63. The van der Waals surface area contributed by atoms with Crippen molar-refractivity contribution in [2.45, 2.75) is 13.0 Å². The number of fused-ring (bicyclic) bond motifs is 1. The van der Waals surface area contributed by atoms with E-state index >= 15 is 0 Å². The highest BCUT2D eigenvalue weighted by Crippen LogP contribution is 2.29. The molecule has 1 aromatic carbocycles. The van der Waals surface area contributed by atoms with Gasteiger partial charge in [-0.1, -0.05) is 18.2 Å². The smallest absolute Gasteiger partial charge is 0.358 e. The molecule has 0 saturated carbocycles. The van der Waals surface area contributed by atoms with Gasteiger partial charge in [-0.3, -0.25) is 4.90 Å². The van der Waals surface area contributed by atoms with Crippen LogP contribution in [-0.2, 0) is 6.54 Å². The lowest BCUT2D eigenvalue weighted by Crippen LogP contribution is -2.31. The molecule has 0 N–H and O–H groups in total. The molecular formula is C19H20FN5O2. The number of pyridine rings is 1. The second-order valence-electron chi connectivity index (χ2n) is 6.69. The quantitative estimate of drug-likeness (QED) is 0.522. The Labute approximate surface area is 155 Å². The Hall–Kier alpha value is -3.00. The molecule has 8 heteroatoms. The molecule has 1 aliphatic rings. The summed E-state index contributed by atoms with van der Waals surface area (Å²) in [7, 11) is 0. The van der Waals surface area contributed by atoms with E-state index in [2.05, 4.69) is 9.88 Å². The molecule has 3 aromatic rings. The van der Waals surface area contributed by atoms with Crippen LogP contribution in [0.4, 0.5) is 16.0 Å². The Morgan fingerprint density at radius 2 is 1.89 bits per heavy atom. The summed E-state index contributed by atoms with van der Waals surface area (Å²) in [6.45, 7) is 3.76. The highest BCUT2D eigenvalue weighted by molar-refractivity contribution is 5.63. The van der Waals surface area contributed by atoms with E-state index in [-0.39, 0.29) is 16.6 Å². The highest BCUT2D eigenvalue weighted by atomic mass is 19.1. The monoisotopic (exact) mass is 369 g/mol. The van der Waals surface area contributed by atoms with Crippen molar-refractivity contribution in [2.75, 3.05) is 31.1 Å². The van der Waals surface area contributed by atoms with Crippen LogP contribution >= 0.6 is 0 Å². The molecule has 0 unspecified atom stereocenters. The fraction of sp³-hybridized carbons (Fsp3) is 0.316. The lowest BCUT2D eigenvalue weighted by Gasteiger charge is -2.21. The molecule has 0 bridgehead atoms. The molecule has 140 valence electrons. The summed E-state index contributed by atoms with van der Waals surface area (Å²) in [5.74, 6) is 0.201. The molecular weight excluding hydrogens is 349 g/mol. The van der Waals surface area contributed by atoms with Crippen molar-refractivity contribution in [2.24, 2.45) is 0 Å². The molecule has 1 aliphatic heterocycles. The van der Waals surface area contributed by atoms with Crippen LogP contribution < -0.4 is 4.90 Å². The van der Waals surface area contributed by atoms with Gasteiger partial charge in [0, 0.05) is 38.8 Å². The molecule has 0 amide bonds. The third-order valence-electron chi connectivity index (χ3n) is 4.87. The molecule has 0 aliphatic carbocycles. The maximum Gasteiger partial charge on any atom is 0.372 e. The number of benzene rings is 1. The first-order chi connectivity index (χ1) is 13.1. The van der Waals surface area contributed by atoms with Gasteiger partial charge in [0.25, 0.3) is 0 Å². The van der Waals surface area contributed by atoms with Crippen LogP contribution in [0.25, 0.3) is 5.65 Å². The zero-order valence-electron chi connectivity index (χ0n) is 14.8. The minimum Gasteiger partial charge on any atom is -0.358 e. The van der Waals surface area contributed by atoms with Gasteiger partial charge < -0.3 is 15.0 Å². The Balaban J connectivity index is 1.53. The van der Waals surface area contributed by atoms with Gasteiger partial charge in [-0.25, -0.2) is 4.39 Å². The first-order valence-electron chi connectivity index (χ1n) is 8.95. The summed E-state index contributed by atoms with van der Waals surface area (Å²) >= 11 is 0. The molecule has 3 heterocycles. The second kappa shape index (κ2) is 7.32. The fourth-order valence-electron chi connectivity index (χ4n) is 3.54. The van der Waals surface area contributed by atoms with E-state index in [4.69, 9.17) is 0 Å². The van der Waals surface area contributed by atoms with E-state index in [9.17, 15) is 14.5 Å². The van der Waals surface area contributed by atoms with Gasteiger partial charge in [-0.05, 0) is 35.1 Å². The van der Waals surface area contributed by atoms with Crippen molar-refractivity contribution >= 4 is 17.3 Å². The number of anilines is 1. The first-order valence-corrected chi connectivity index (χ1v) is 8.95. The zero-order valence-corrected chi connectivity index (χ0v) is 14.8. The highest BCUT2D eigenvalue weighted by Gasteiger charge is 2.28. The van der Waals surface area contributed by atoms with E-state index in [1.165, 1.54) is 16.5 Å². The van der Waals surface area contributed by atoms with Crippen LogP contribution in [0.1, 0.15) is 12.0 Å². The number of imidazole rings is 1. The number of hydrogen-bond acceptors (Lipinski definition) is 5. The topological polar surface area (TPSA) is 66.9 Å². The summed E-state index contributed by atoms with van der Waals surface area (Å²) < 4.78 is 14.6. The van der Waals surface area contributed by atoms with Crippen molar-refractivity contribution < 1.29 is 9.31 Å². The lowest BCUT2D eigenvalue weighted by atomic mass is 10.2. The SMILES string of the molecule is O=[N+]([O-])c1c(N2CCCN(Cc3ccc(F)cc3)CC2)nc2ccccn12. The molecule has 7 nitrogen and oxygen atoms in total. The number of nitro groups is 1. The maximum absolute atomic E-state index is 13.1. The van der Waals surface area contributed by atoms with E-state index in [1.807, 2.05) is 11.0 Å². The molecule has 0 atom stereocenters. The van der Waals surface area contributed by atoms with E-state index < -0.39 is 0 Å². The van der Waals surface area contributed by atoms with Gasteiger partial charge in [0.2, 0.25) is 11.5 Å². The van der Waals surface area contributed by atoms with Gasteiger partial charge in [-0.2, -0.15) is 9.38 Å². The van der Waals surface area contributed by atoms with E-state index in [0.29, 0.717) is 24.6 Å². The van der Waals surface area contributed by atoms with Crippen LogP contribution in [-0.4, -0.2) is 45.4 Å². The van der Waals surface area contributed by atoms with Crippen molar-refractivity contribution in [3.8, 4) is 0 Å².